The highest BCUT2D eigenvalue weighted by atomic mass is 32.2. The van der Waals surface area contributed by atoms with E-state index in [9.17, 15) is 8.42 Å². The molecule has 0 spiro atoms. The lowest BCUT2D eigenvalue weighted by Crippen LogP contribution is -2.48. The number of hydrogen-bond donors (Lipinski definition) is 0. The van der Waals surface area contributed by atoms with Crippen molar-refractivity contribution < 1.29 is 12.9 Å². The molecule has 0 aliphatic rings. The molecule has 0 N–H and O–H groups in total. The third-order valence-corrected chi connectivity index (χ3v) is 11.5. The van der Waals surface area contributed by atoms with E-state index < -0.39 is 18.3 Å². The van der Waals surface area contributed by atoms with E-state index in [4.69, 9.17) is 4.53 Å². The van der Waals surface area contributed by atoms with E-state index >= 15 is 0 Å². The second-order valence-electron chi connectivity index (χ2n) is 8.79. The van der Waals surface area contributed by atoms with Crippen molar-refractivity contribution in [2.45, 2.75) is 63.6 Å². The molecule has 0 atom stereocenters. The molecule has 4 nitrogen and oxygen atoms in total. The summed E-state index contributed by atoms with van der Waals surface area (Å²) in [6.45, 7) is 12.8. The second kappa shape index (κ2) is 8.90. The van der Waals surface area contributed by atoms with Gasteiger partial charge in [-0.3, -0.25) is 0 Å². The normalized spacial score (nSPS) is 13.1. The van der Waals surface area contributed by atoms with Crippen LogP contribution in [0.25, 0.3) is 0 Å². The van der Waals surface area contributed by atoms with Crippen LogP contribution in [0.5, 0.6) is 0 Å². The van der Waals surface area contributed by atoms with Gasteiger partial charge in [0, 0.05) is 6.54 Å². The molecule has 0 fully saturated rings. The Hall–Kier alpha value is -1.47. The number of benzene rings is 2. The molecule has 0 amide bonds. The van der Waals surface area contributed by atoms with E-state index in [1.165, 1.54) is 10.0 Å². The zero-order valence-corrected chi connectivity index (χ0v) is 19.7. The van der Waals surface area contributed by atoms with Gasteiger partial charge in [0.1, 0.15) is 0 Å². The Morgan fingerprint density at radius 1 is 0.964 bits per heavy atom. The maximum atomic E-state index is 13.3. The summed E-state index contributed by atoms with van der Waals surface area (Å²) >= 11 is 0. The third kappa shape index (κ3) is 5.77. The molecule has 0 saturated carbocycles. The van der Waals surface area contributed by atoms with Crippen LogP contribution in [0, 0.1) is 6.92 Å². The van der Waals surface area contributed by atoms with Crippen molar-refractivity contribution in [2.24, 2.45) is 0 Å². The molecule has 0 bridgehead atoms. The zero-order chi connectivity index (χ0) is 21.0. The summed E-state index contributed by atoms with van der Waals surface area (Å²) < 4.78 is 34.1. The van der Waals surface area contributed by atoms with Gasteiger partial charge in [0.15, 0.2) is 0 Å². The SMILES string of the molecule is Cc1ccc(S(=O)(=O)N(CCCc2ccccc2)O[Si](C)(C)C(C)(C)C)cc1. The van der Waals surface area contributed by atoms with Crippen LogP contribution in [0.15, 0.2) is 59.5 Å². The summed E-state index contributed by atoms with van der Waals surface area (Å²) in [5.41, 5.74) is 2.22. The highest BCUT2D eigenvalue weighted by Crippen LogP contribution is 2.38. The van der Waals surface area contributed by atoms with Gasteiger partial charge >= 0.3 is 0 Å². The minimum absolute atomic E-state index is 0.0898. The van der Waals surface area contributed by atoms with E-state index in [0.717, 1.165) is 12.0 Å². The first-order valence-electron chi connectivity index (χ1n) is 9.76. The Labute approximate surface area is 171 Å². The quantitative estimate of drug-likeness (QED) is 0.416. The minimum Gasteiger partial charge on any atom is -0.329 e. The molecule has 0 saturated heterocycles. The average Bonchev–Trinajstić information content (AvgIpc) is 2.61. The molecule has 0 aromatic heterocycles. The van der Waals surface area contributed by atoms with Crippen molar-refractivity contribution >= 4 is 18.3 Å². The van der Waals surface area contributed by atoms with Crippen molar-refractivity contribution in [3.8, 4) is 0 Å². The Bertz CT molecular complexity index is 857. The van der Waals surface area contributed by atoms with Gasteiger partial charge in [-0.05, 0) is 55.6 Å². The number of hydrogen-bond acceptors (Lipinski definition) is 3. The van der Waals surface area contributed by atoms with Crippen molar-refractivity contribution in [3.05, 3.63) is 65.7 Å². The van der Waals surface area contributed by atoms with E-state index in [1.807, 2.05) is 37.3 Å². The fourth-order valence-electron chi connectivity index (χ4n) is 2.49. The molecule has 0 aliphatic carbocycles. The maximum absolute atomic E-state index is 13.3. The average molecular weight is 420 g/mol. The van der Waals surface area contributed by atoms with Crippen molar-refractivity contribution in [1.29, 1.82) is 0 Å². The lowest BCUT2D eigenvalue weighted by atomic mass is 10.1. The number of rotatable bonds is 8. The first-order chi connectivity index (χ1) is 12.9. The van der Waals surface area contributed by atoms with Gasteiger partial charge < -0.3 is 4.53 Å². The number of hydroxylamine groups is 1. The first-order valence-corrected chi connectivity index (χ1v) is 14.1. The molecule has 6 heteroatoms. The smallest absolute Gasteiger partial charge is 0.264 e. The molecule has 2 rings (SSSR count). The van der Waals surface area contributed by atoms with Crippen LogP contribution < -0.4 is 0 Å². The van der Waals surface area contributed by atoms with E-state index in [0.29, 0.717) is 13.0 Å². The molecular weight excluding hydrogens is 386 g/mol. The van der Waals surface area contributed by atoms with Crippen LogP contribution in [0.1, 0.15) is 38.3 Å². The summed E-state index contributed by atoms with van der Waals surface area (Å²) in [4.78, 5) is 0.275. The monoisotopic (exact) mass is 419 g/mol. The standard InChI is InChI=1S/C22H33NO3SSi/c1-19-14-16-21(17-15-19)27(24,25)23(26-28(5,6)22(2,3)4)18-10-13-20-11-8-7-9-12-20/h7-9,11-12,14-17H,10,13,18H2,1-6H3. The third-order valence-electron chi connectivity index (χ3n) is 5.37. The largest absolute Gasteiger partial charge is 0.329 e. The molecule has 154 valence electrons. The van der Waals surface area contributed by atoms with Crippen LogP contribution in [0.4, 0.5) is 0 Å². The van der Waals surface area contributed by atoms with Gasteiger partial charge in [-0.2, -0.15) is 0 Å². The van der Waals surface area contributed by atoms with Gasteiger partial charge in [0.05, 0.1) is 4.90 Å². The minimum atomic E-state index is -3.72. The molecule has 2 aromatic carbocycles. The number of aryl methyl sites for hydroxylation is 2. The van der Waals surface area contributed by atoms with Gasteiger partial charge in [-0.1, -0.05) is 73.3 Å². The maximum Gasteiger partial charge on any atom is 0.264 e. The summed E-state index contributed by atoms with van der Waals surface area (Å²) in [6, 6.07) is 17.1. The predicted octanol–water partition coefficient (Wildman–Crippen LogP) is 5.56. The summed E-state index contributed by atoms with van der Waals surface area (Å²) in [5, 5.41) is -0.0898. The fourth-order valence-corrected chi connectivity index (χ4v) is 5.40. The Kier molecular flexibility index (Phi) is 7.25. The van der Waals surface area contributed by atoms with Gasteiger partial charge in [0.2, 0.25) is 8.32 Å². The number of sulfonamides is 1. The number of nitrogens with zero attached hydrogens (tertiary/aromatic N) is 1. The molecular formula is C22H33NO3SSi. The van der Waals surface area contributed by atoms with Crippen molar-refractivity contribution in [1.82, 2.24) is 4.47 Å². The molecule has 2 aromatic rings. The topological polar surface area (TPSA) is 46.6 Å². The molecule has 0 aliphatic heterocycles. The van der Waals surface area contributed by atoms with Crippen LogP contribution in [0.2, 0.25) is 18.1 Å². The lowest BCUT2D eigenvalue weighted by molar-refractivity contribution is 0.0178. The van der Waals surface area contributed by atoms with Gasteiger partial charge in [-0.15, -0.1) is 0 Å². The molecule has 0 radical (unpaired) electrons. The van der Waals surface area contributed by atoms with E-state index in [2.05, 4.69) is 46.0 Å². The van der Waals surface area contributed by atoms with Crippen molar-refractivity contribution in [3.63, 3.8) is 0 Å². The predicted molar refractivity (Wildman–Crippen MR) is 118 cm³/mol. The van der Waals surface area contributed by atoms with Gasteiger partial charge in [-0.25, -0.2) is 8.42 Å². The summed E-state index contributed by atoms with van der Waals surface area (Å²) in [6.07, 6.45) is 1.51. The van der Waals surface area contributed by atoms with E-state index in [1.54, 1.807) is 12.1 Å². The van der Waals surface area contributed by atoms with Gasteiger partial charge in [0.25, 0.3) is 10.0 Å². The Balaban J connectivity index is 2.25. The van der Waals surface area contributed by atoms with E-state index in [-0.39, 0.29) is 9.93 Å². The highest BCUT2D eigenvalue weighted by Gasteiger charge is 2.42. The van der Waals surface area contributed by atoms with Crippen LogP contribution in [-0.2, 0) is 21.0 Å². The van der Waals surface area contributed by atoms with Crippen molar-refractivity contribution in [2.75, 3.05) is 6.54 Å². The van der Waals surface area contributed by atoms with Crippen LogP contribution >= 0.6 is 0 Å². The first kappa shape index (κ1) is 22.8. The zero-order valence-electron chi connectivity index (χ0n) is 17.9. The molecule has 0 unspecified atom stereocenters. The second-order valence-corrected chi connectivity index (χ2v) is 15.3. The fraction of sp³-hybridized carbons (Fsp3) is 0.455. The van der Waals surface area contributed by atoms with Crippen LogP contribution in [-0.4, -0.2) is 27.7 Å². The lowest BCUT2D eigenvalue weighted by Gasteiger charge is -2.39. The summed E-state index contributed by atoms with van der Waals surface area (Å²) in [5.74, 6) is 0. The molecule has 28 heavy (non-hydrogen) atoms. The molecule has 0 heterocycles. The highest BCUT2D eigenvalue weighted by molar-refractivity contribution is 7.89. The summed E-state index contributed by atoms with van der Waals surface area (Å²) in [7, 11) is -6.02. The Morgan fingerprint density at radius 3 is 2.07 bits per heavy atom. The Morgan fingerprint density at radius 2 is 1.54 bits per heavy atom. The van der Waals surface area contributed by atoms with Crippen LogP contribution in [0.3, 0.4) is 0 Å².